The molecule has 1 heterocycles. The molecule has 1 fully saturated rings. The van der Waals surface area contributed by atoms with Crippen LogP contribution < -0.4 is 5.32 Å². The fourth-order valence-corrected chi connectivity index (χ4v) is 2.10. The van der Waals surface area contributed by atoms with Crippen LogP contribution in [0.4, 0.5) is 0 Å². The van der Waals surface area contributed by atoms with Gasteiger partial charge < -0.3 is 5.32 Å². The third-order valence-corrected chi connectivity index (χ3v) is 2.93. The van der Waals surface area contributed by atoms with Gasteiger partial charge in [0, 0.05) is 13.6 Å². The Labute approximate surface area is 95.2 Å². The predicted octanol–water partition coefficient (Wildman–Crippen LogP) is 0.718. The zero-order valence-electron chi connectivity index (χ0n) is 8.87. The van der Waals surface area contributed by atoms with Gasteiger partial charge in [0.15, 0.2) is 0 Å². The number of hydrogen-bond acceptors (Lipinski definition) is 3. The van der Waals surface area contributed by atoms with Gasteiger partial charge in [-0.1, -0.05) is 6.42 Å². The summed E-state index contributed by atoms with van der Waals surface area (Å²) >= 11 is 5.78. The molecule has 1 rings (SSSR count). The molecule has 1 aliphatic heterocycles. The van der Waals surface area contributed by atoms with Crippen LogP contribution >= 0.6 is 11.6 Å². The van der Waals surface area contributed by atoms with Crippen molar-refractivity contribution in [3.05, 3.63) is 0 Å². The summed E-state index contributed by atoms with van der Waals surface area (Å²) in [5, 5.41) is 10.8. The Hall–Kier alpha value is -0.790. The van der Waals surface area contributed by atoms with E-state index in [9.17, 15) is 4.79 Å². The highest BCUT2D eigenvalue weighted by Gasteiger charge is 2.28. The lowest BCUT2D eigenvalue weighted by molar-refractivity contribution is -0.127. The molecule has 0 radical (unpaired) electrons. The van der Waals surface area contributed by atoms with Crippen LogP contribution in [0.5, 0.6) is 0 Å². The Morgan fingerprint density at radius 1 is 1.73 bits per heavy atom. The molecule has 0 aromatic heterocycles. The number of nitrogens with one attached hydrogen (secondary N) is 1. The number of likely N-dealkylation sites (tertiary alicyclic amines) is 1. The lowest BCUT2D eigenvalue weighted by atomic mass is 10.0. The van der Waals surface area contributed by atoms with E-state index in [1.807, 2.05) is 11.0 Å². The molecule has 84 valence electrons. The normalized spacial score (nSPS) is 24.2. The van der Waals surface area contributed by atoms with Crippen LogP contribution in [-0.4, -0.2) is 42.4 Å². The van der Waals surface area contributed by atoms with Crippen LogP contribution in [0.2, 0.25) is 0 Å². The molecular weight excluding hydrogens is 214 g/mol. The van der Waals surface area contributed by atoms with Gasteiger partial charge in [0.25, 0.3) is 0 Å². The topological polar surface area (TPSA) is 56.1 Å². The van der Waals surface area contributed by atoms with E-state index in [1.165, 1.54) is 0 Å². The fraction of sp³-hybridized carbons (Fsp3) is 0.800. The molecule has 2 atom stereocenters. The summed E-state index contributed by atoms with van der Waals surface area (Å²) in [4.78, 5) is 13.6. The maximum atomic E-state index is 11.6. The van der Waals surface area contributed by atoms with Gasteiger partial charge in [-0.05, 0) is 19.4 Å². The van der Waals surface area contributed by atoms with Crippen molar-refractivity contribution in [2.75, 3.05) is 20.1 Å². The highest BCUT2D eigenvalue weighted by Crippen LogP contribution is 2.18. The van der Waals surface area contributed by atoms with Crippen molar-refractivity contribution in [1.29, 1.82) is 5.26 Å². The molecule has 2 unspecified atom stereocenters. The first kappa shape index (κ1) is 12.3. The molecule has 1 N–H and O–H groups in total. The van der Waals surface area contributed by atoms with Crippen LogP contribution in [0.1, 0.15) is 19.3 Å². The number of rotatable bonds is 3. The fourth-order valence-electron chi connectivity index (χ4n) is 1.92. The maximum Gasteiger partial charge on any atom is 0.237 e. The molecule has 0 spiro atoms. The third-order valence-electron chi connectivity index (χ3n) is 2.70. The molecule has 5 heteroatoms. The quantitative estimate of drug-likeness (QED) is 0.726. The van der Waals surface area contributed by atoms with Crippen molar-refractivity contribution >= 4 is 17.5 Å². The van der Waals surface area contributed by atoms with Crippen LogP contribution in [0, 0.1) is 11.3 Å². The van der Waals surface area contributed by atoms with E-state index in [0.29, 0.717) is 6.54 Å². The molecule has 0 bridgehead atoms. The van der Waals surface area contributed by atoms with Crippen molar-refractivity contribution in [1.82, 2.24) is 10.2 Å². The molecular formula is C10H16ClN3O. The van der Waals surface area contributed by atoms with Crippen LogP contribution in [0.3, 0.4) is 0 Å². The number of likely N-dealkylation sites (N-methyl/N-ethyl adjacent to an activating group) is 1. The zero-order chi connectivity index (χ0) is 11.3. The second-order valence-electron chi connectivity index (χ2n) is 3.72. The number of hydrogen-bond donors (Lipinski definition) is 1. The Bertz CT molecular complexity index is 264. The van der Waals surface area contributed by atoms with E-state index in [1.54, 1.807) is 7.05 Å². The van der Waals surface area contributed by atoms with Gasteiger partial charge in [0.05, 0.1) is 12.1 Å². The second-order valence-corrected chi connectivity index (χ2v) is 4.24. The minimum absolute atomic E-state index is 0.0245. The highest BCUT2D eigenvalue weighted by atomic mass is 35.5. The Kier molecular flexibility index (Phi) is 4.86. The summed E-state index contributed by atoms with van der Waals surface area (Å²) in [6.07, 6.45) is 2.99. The minimum Gasteiger partial charge on any atom is -0.358 e. The first-order valence-electron chi connectivity index (χ1n) is 5.18. The van der Waals surface area contributed by atoms with Gasteiger partial charge in [-0.2, -0.15) is 5.26 Å². The molecule has 1 saturated heterocycles. The molecule has 0 aliphatic carbocycles. The Morgan fingerprint density at radius 2 is 2.47 bits per heavy atom. The summed E-state index contributed by atoms with van der Waals surface area (Å²) in [5.41, 5.74) is 0. The molecule has 0 saturated carbocycles. The number of amides is 1. The van der Waals surface area contributed by atoms with Crippen molar-refractivity contribution < 1.29 is 4.79 Å². The SMILES string of the molecule is CNC(=O)C1CCCCN1CC(Cl)C#N. The summed E-state index contributed by atoms with van der Waals surface area (Å²) in [7, 11) is 1.64. The Balaban J connectivity index is 2.58. The third kappa shape index (κ3) is 3.37. The summed E-state index contributed by atoms with van der Waals surface area (Å²) in [6.45, 7) is 1.32. The van der Waals surface area contributed by atoms with E-state index in [2.05, 4.69) is 5.32 Å². The number of nitrogens with zero attached hydrogens (tertiary/aromatic N) is 2. The Morgan fingerprint density at radius 3 is 3.07 bits per heavy atom. The molecule has 0 aromatic rings. The van der Waals surface area contributed by atoms with E-state index in [4.69, 9.17) is 16.9 Å². The number of halogens is 1. The summed E-state index contributed by atoms with van der Waals surface area (Å²) in [5.74, 6) is 0.0245. The van der Waals surface area contributed by atoms with Gasteiger partial charge in [-0.3, -0.25) is 9.69 Å². The number of nitriles is 1. The zero-order valence-corrected chi connectivity index (χ0v) is 9.63. The van der Waals surface area contributed by atoms with Crippen molar-refractivity contribution in [2.45, 2.75) is 30.7 Å². The average Bonchev–Trinajstić information content (AvgIpc) is 2.28. The number of piperidine rings is 1. The van der Waals surface area contributed by atoms with Gasteiger partial charge >= 0.3 is 0 Å². The van der Waals surface area contributed by atoms with Crippen LogP contribution in [-0.2, 0) is 4.79 Å². The van der Waals surface area contributed by atoms with Crippen molar-refractivity contribution in [3.8, 4) is 6.07 Å². The minimum atomic E-state index is -0.532. The molecule has 15 heavy (non-hydrogen) atoms. The van der Waals surface area contributed by atoms with Gasteiger partial charge in [-0.25, -0.2) is 0 Å². The first-order valence-corrected chi connectivity index (χ1v) is 5.62. The van der Waals surface area contributed by atoms with E-state index >= 15 is 0 Å². The maximum absolute atomic E-state index is 11.6. The van der Waals surface area contributed by atoms with Crippen LogP contribution in [0.25, 0.3) is 0 Å². The van der Waals surface area contributed by atoms with Crippen molar-refractivity contribution in [2.24, 2.45) is 0 Å². The largest absolute Gasteiger partial charge is 0.358 e. The van der Waals surface area contributed by atoms with E-state index in [-0.39, 0.29) is 11.9 Å². The van der Waals surface area contributed by atoms with Gasteiger partial charge in [-0.15, -0.1) is 11.6 Å². The second kappa shape index (κ2) is 5.94. The molecule has 1 amide bonds. The smallest absolute Gasteiger partial charge is 0.237 e. The van der Waals surface area contributed by atoms with E-state index < -0.39 is 5.38 Å². The number of carbonyl (C=O) groups is 1. The van der Waals surface area contributed by atoms with Crippen molar-refractivity contribution in [3.63, 3.8) is 0 Å². The van der Waals surface area contributed by atoms with E-state index in [0.717, 1.165) is 25.8 Å². The lowest BCUT2D eigenvalue weighted by Gasteiger charge is -2.34. The standard InChI is InChI=1S/C10H16ClN3O/c1-13-10(15)9-4-2-3-5-14(9)7-8(11)6-12/h8-9H,2-5,7H2,1H3,(H,13,15). The summed E-state index contributed by atoms with van der Waals surface area (Å²) < 4.78 is 0. The van der Waals surface area contributed by atoms with Gasteiger partial charge in [0.2, 0.25) is 5.91 Å². The monoisotopic (exact) mass is 229 g/mol. The molecule has 1 aliphatic rings. The summed E-state index contributed by atoms with van der Waals surface area (Å²) in [6, 6.07) is 1.87. The number of alkyl halides is 1. The first-order chi connectivity index (χ1) is 7.19. The lowest BCUT2D eigenvalue weighted by Crippen LogP contribution is -2.50. The molecule has 0 aromatic carbocycles. The average molecular weight is 230 g/mol. The van der Waals surface area contributed by atoms with Crippen LogP contribution in [0.15, 0.2) is 0 Å². The molecule has 4 nitrogen and oxygen atoms in total. The predicted molar refractivity (Wildman–Crippen MR) is 58.5 cm³/mol. The highest BCUT2D eigenvalue weighted by molar-refractivity contribution is 6.22. The number of carbonyl (C=O) groups excluding carboxylic acids is 1. The van der Waals surface area contributed by atoms with Gasteiger partial charge in [0.1, 0.15) is 5.38 Å².